The lowest BCUT2D eigenvalue weighted by Gasteiger charge is -2.45. The first-order valence-electron chi connectivity index (χ1n) is 13.2. The number of likely N-dealkylation sites (tertiary alicyclic amines) is 2. The second-order valence-corrected chi connectivity index (χ2v) is 11.8. The summed E-state index contributed by atoms with van der Waals surface area (Å²) in [6.45, 7) is 9.35. The Morgan fingerprint density at radius 1 is 1.16 bits per heavy atom. The number of aryl methyl sites for hydroxylation is 1. The molecule has 0 unspecified atom stereocenters. The zero-order chi connectivity index (χ0) is 27.2. The number of amides is 2. The quantitative estimate of drug-likeness (QED) is 0.526. The topological polar surface area (TPSA) is 66.8 Å². The van der Waals surface area contributed by atoms with Crippen LogP contribution in [0.15, 0.2) is 54.7 Å². The molecule has 3 heterocycles. The van der Waals surface area contributed by atoms with Gasteiger partial charge in [0.15, 0.2) is 0 Å². The summed E-state index contributed by atoms with van der Waals surface area (Å²) in [7, 11) is 1.97. The summed E-state index contributed by atoms with van der Waals surface area (Å²) in [5, 5.41) is 4.19. The van der Waals surface area contributed by atoms with Crippen LogP contribution in [0.3, 0.4) is 0 Å². The summed E-state index contributed by atoms with van der Waals surface area (Å²) in [5.74, 6) is -0.397. The summed E-state index contributed by atoms with van der Waals surface area (Å²) in [4.78, 5) is 29.8. The fourth-order valence-electron chi connectivity index (χ4n) is 6.41. The molecule has 2 aliphatic heterocycles. The Kier molecular flexibility index (Phi) is 6.71. The smallest absolute Gasteiger partial charge is 0.410 e. The van der Waals surface area contributed by atoms with Gasteiger partial charge in [-0.05, 0) is 56.5 Å². The van der Waals surface area contributed by atoms with Gasteiger partial charge in [0.05, 0.1) is 5.54 Å². The first kappa shape index (κ1) is 26.2. The number of nitrogens with zero attached hydrogens (tertiary/aromatic N) is 3. The van der Waals surface area contributed by atoms with Crippen LogP contribution in [0.5, 0.6) is 0 Å². The second-order valence-electron chi connectivity index (χ2n) is 11.8. The molecule has 1 aromatic heterocycles. The van der Waals surface area contributed by atoms with Crippen molar-refractivity contribution in [1.29, 1.82) is 0 Å². The molecule has 2 aliphatic rings. The maximum atomic E-state index is 14.2. The maximum Gasteiger partial charge on any atom is 0.410 e. The van der Waals surface area contributed by atoms with Crippen molar-refractivity contribution in [2.24, 2.45) is 13.0 Å². The van der Waals surface area contributed by atoms with Crippen molar-refractivity contribution in [2.75, 3.05) is 19.6 Å². The molecule has 7 nitrogen and oxygen atoms in total. The van der Waals surface area contributed by atoms with E-state index in [1.165, 1.54) is 6.07 Å². The number of piperidine rings is 1. The van der Waals surface area contributed by atoms with Crippen LogP contribution in [-0.2, 0) is 23.1 Å². The Balaban J connectivity index is 1.55. The summed E-state index contributed by atoms with van der Waals surface area (Å²) >= 11 is 0. The van der Waals surface area contributed by atoms with Gasteiger partial charge in [0, 0.05) is 69.2 Å². The van der Waals surface area contributed by atoms with E-state index in [1.54, 1.807) is 17.9 Å². The number of hydrogen-bond acceptors (Lipinski definition) is 4. The van der Waals surface area contributed by atoms with Gasteiger partial charge in [0.25, 0.3) is 0 Å². The monoisotopic (exact) mass is 520 g/mol. The van der Waals surface area contributed by atoms with Crippen LogP contribution in [-0.4, -0.2) is 57.1 Å². The van der Waals surface area contributed by atoms with Gasteiger partial charge in [-0.25, -0.2) is 9.18 Å². The highest BCUT2D eigenvalue weighted by atomic mass is 19.1. The van der Waals surface area contributed by atoms with Crippen LogP contribution in [0, 0.1) is 11.7 Å². The van der Waals surface area contributed by atoms with E-state index in [9.17, 15) is 14.0 Å². The third kappa shape index (κ3) is 5.01. The molecule has 8 heteroatoms. The number of carbonyl (C=O) groups is 2. The van der Waals surface area contributed by atoms with E-state index in [2.05, 4.69) is 28.5 Å². The Bertz CT molecular complexity index is 1350. The molecule has 1 N–H and O–H groups in total. The summed E-state index contributed by atoms with van der Waals surface area (Å²) in [6.07, 6.45) is 2.36. The van der Waals surface area contributed by atoms with Crippen LogP contribution in [0.25, 0.3) is 10.9 Å². The lowest BCUT2D eigenvalue weighted by atomic mass is 9.75. The predicted octanol–water partition coefficient (Wildman–Crippen LogP) is 5.01. The number of hydrogen-bond donors (Lipinski definition) is 1. The number of fused-ring (bicyclic) bond motifs is 2. The van der Waals surface area contributed by atoms with Gasteiger partial charge < -0.3 is 19.5 Å². The van der Waals surface area contributed by atoms with Gasteiger partial charge in [-0.15, -0.1) is 0 Å². The summed E-state index contributed by atoms with van der Waals surface area (Å²) in [6, 6.07) is 15.1. The molecule has 2 saturated heterocycles. The Morgan fingerprint density at radius 3 is 2.58 bits per heavy atom. The third-order valence-electron chi connectivity index (χ3n) is 7.84. The molecular weight excluding hydrogens is 483 g/mol. The molecule has 3 aromatic rings. The van der Waals surface area contributed by atoms with Gasteiger partial charge in [-0.3, -0.25) is 9.69 Å². The molecule has 2 amide bonds. The zero-order valence-electron chi connectivity index (χ0n) is 22.8. The SMILES string of the molecule is CC(=O)N[C@@]12CCN(C(=O)OC(C)(C)C)C[C@@H]1[C@@H](c1ccccc1)N(Cc1cn(C)c3ccc(F)cc13)C2. The second kappa shape index (κ2) is 9.73. The van der Waals surface area contributed by atoms with Crippen molar-refractivity contribution in [3.8, 4) is 0 Å². The van der Waals surface area contributed by atoms with E-state index in [0.717, 1.165) is 22.0 Å². The number of nitrogens with one attached hydrogen (secondary N) is 1. The zero-order valence-corrected chi connectivity index (χ0v) is 22.8. The molecule has 5 rings (SSSR count). The van der Waals surface area contributed by atoms with Crippen molar-refractivity contribution in [3.63, 3.8) is 0 Å². The molecule has 0 radical (unpaired) electrons. The molecule has 3 atom stereocenters. The number of aromatic nitrogens is 1. The molecule has 2 fully saturated rings. The molecule has 0 bridgehead atoms. The van der Waals surface area contributed by atoms with Crippen molar-refractivity contribution in [2.45, 2.75) is 57.8 Å². The van der Waals surface area contributed by atoms with Gasteiger partial charge in [-0.1, -0.05) is 30.3 Å². The fraction of sp³-hybridized carbons (Fsp3) is 0.467. The number of carbonyl (C=O) groups excluding carboxylic acids is 2. The van der Waals surface area contributed by atoms with Crippen molar-refractivity contribution in [1.82, 2.24) is 19.7 Å². The minimum absolute atomic E-state index is 0.0539. The van der Waals surface area contributed by atoms with E-state index in [-0.39, 0.29) is 29.8 Å². The van der Waals surface area contributed by atoms with Gasteiger partial charge >= 0.3 is 6.09 Å². The Morgan fingerprint density at radius 2 is 1.89 bits per heavy atom. The van der Waals surface area contributed by atoms with Crippen LogP contribution in [0.4, 0.5) is 9.18 Å². The highest BCUT2D eigenvalue weighted by Crippen LogP contribution is 2.48. The van der Waals surface area contributed by atoms with Crippen LogP contribution < -0.4 is 5.32 Å². The number of benzene rings is 2. The normalized spacial score (nSPS) is 23.9. The number of rotatable bonds is 4. The van der Waals surface area contributed by atoms with Crippen LogP contribution >= 0.6 is 0 Å². The minimum Gasteiger partial charge on any atom is -0.444 e. The molecule has 38 heavy (non-hydrogen) atoms. The minimum atomic E-state index is -0.590. The lowest BCUT2D eigenvalue weighted by molar-refractivity contribution is -0.121. The Hall–Kier alpha value is -3.39. The van der Waals surface area contributed by atoms with E-state index in [4.69, 9.17) is 4.74 Å². The summed E-state index contributed by atoms with van der Waals surface area (Å²) < 4.78 is 22.0. The largest absolute Gasteiger partial charge is 0.444 e. The van der Waals surface area contributed by atoms with E-state index in [1.807, 2.05) is 56.7 Å². The number of ether oxygens (including phenoxy) is 1. The molecule has 2 aromatic carbocycles. The first-order valence-corrected chi connectivity index (χ1v) is 13.2. The molecule has 202 valence electrons. The third-order valence-corrected chi connectivity index (χ3v) is 7.84. The van der Waals surface area contributed by atoms with Crippen LogP contribution in [0.1, 0.15) is 51.3 Å². The fourth-order valence-corrected chi connectivity index (χ4v) is 6.41. The van der Waals surface area contributed by atoms with Crippen molar-refractivity contribution < 1.29 is 18.7 Å². The van der Waals surface area contributed by atoms with Crippen molar-refractivity contribution in [3.05, 3.63) is 71.7 Å². The van der Waals surface area contributed by atoms with Crippen LogP contribution in [0.2, 0.25) is 0 Å². The highest BCUT2D eigenvalue weighted by molar-refractivity contribution is 5.84. The number of halogens is 1. The van der Waals surface area contributed by atoms with Gasteiger partial charge in [-0.2, -0.15) is 0 Å². The van der Waals surface area contributed by atoms with E-state index < -0.39 is 11.1 Å². The predicted molar refractivity (Wildman–Crippen MR) is 145 cm³/mol. The summed E-state index contributed by atoms with van der Waals surface area (Å²) in [5.41, 5.74) is 2.04. The Labute approximate surface area is 223 Å². The van der Waals surface area contributed by atoms with E-state index in [0.29, 0.717) is 32.6 Å². The van der Waals surface area contributed by atoms with E-state index >= 15 is 0 Å². The lowest BCUT2D eigenvalue weighted by Crippen LogP contribution is -2.62. The average molecular weight is 521 g/mol. The van der Waals surface area contributed by atoms with Crippen molar-refractivity contribution >= 4 is 22.9 Å². The molecule has 0 spiro atoms. The standard InChI is InChI=1S/C30H37FN4O3/c1-20(36)32-30-13-14-34(28(37)38-29(2,3)4)18-25(30)27(21-9-7-6-8-10-21)35(19-30)17-22-16-33(5)26-12-11-23(31)15-24(22)26/h6-12,15-16,25,27H,13-14,17-19H2,1-5H3,(H,32,36)/t25-,27-,30-/m1/s1. The highest BCUT2D eigenvalue weighted by Gasteiger charge is 2.56. The first-order chi connectivity index (χ1) is 18.0. The van der Waals surface area contributed by atoms with Gasteiger partial charge in [0.1, 0.15) is 11.4 Å². The van der Waals surface area contributed by atoms with Gasteiger partial charge in [0.2, 0.25) is 5.91 Å². The molecule has 0 aliphatic carbocycles. The molecular formula is C30H37FN4O3. The maximum absolute atomic E-state index is 14.2. The average Bonchev–Trinajstić information content (AvgIpc) is 3.31. The molecule has 0 saturated carbocycles.